The van der Waals surface area contributed by atoms with Crippen LogP contribution in [0.15, 0.2) is 91.1 Å². The molecule has 0 atom stereocenters. The van der Waals surface area contributed by atoms with Gasteiger partial charge in [-0.05, 0) is 47.9 Å². The molecule has 38 heavy (non-hydrogen) atoms. The number of rotatable bonds is 6. The summed E-state index contributed by atoms with van der Waals surface area (Å²) in [7, 11) is 0. The molecule has 2 amide bonds. The van der Waals surface area contributed by atoms with Crippen LogP contribution >= 0.6 is 0 Å². The zero-order chi connectivity index (χ0) is 26.5. The fraction of sp³-hybridized carbons (Fsp3) is 0.0690. The lowest BCUT2D eigenvalue weighted by atomic mass is 9.97. The van der Waals surface area contributed by atoms with Crippen LogP contribution in [-0.2, 0) is 6.42 Å². The molecule has 3 aromatic carbocycles. The number of aryl methyl sites for hydroxylation is 1. The van der Waals surface area contributed by atoms with E-state index in [2.05, 4.69) is 32.0 Å². The summed E-state index contributed by atoms with van der Waals surface area (Å²) in [4.78, 5) is 12.8. The first-order valence-corrected chi connectivity index (χ1v) is 11.9. The molecule has 2 aromatic heterocycles. The number of para-hydroxylation sites is 1. The average Bonchev–Trinajstić information content (AvgIpc) is 3.31. The highest BCUT2D eigenvalue weighted by Crippen LogP contribution is 2.28. The van der Waals surface area contributed by atoms with E-state index in [-0.39, 0.29) is 5.82 Å². The van der Waals surface area contributed by atoms with E-state index in [0.29, 0.717) is 23.5 Å². The van der Waals surface area contributed by atoms with Gasteiger partial charge in [0.2, 0.25) is 0 Å². The highest BCUT2D eigenvalue weighted by molar-refractivity contribution is 5.99. The molecule has 0 aliphatic rings. The van der Waals surface area contributed by atoms with E-state index in [1.165, 1.54) is 6.20 Å². The van der Waals surface area contributed by atoms with Crippen molar-refractivity contribution in [2.24, 2.45) is 0 Å². The number of nitrogens with one attached hydrogen (secondary N) is 2. The quantitative estimate of drug-likeness (QED) is 0.289. The molecule has 0 saturated heterocycles. The van der Waals surface area contributed by atoms with Gasteiger partial charge in [0.1, 0.15) is 17.5 Å². The number of aromatic nitrogens is 4. The van der Waals surface area contributed by atoms with E-state index >= 15 is 0 Å². The van der Waals surface area contributed by atoms with E-state index in [4.69, 9.17) is 5.73 Å². The van der Waals surface area contributed by atoms with Crippen LogP contribution in [0.25, 0.3) is 16.9 Å². The summed E-state index contributed by atoms with van der Waals surface area (Å²) in [6, 6.07) is 28.2. The third kappa shape index (κ3) is 5.05. The maximum absolute atomic E-state index is 12.8. The molecule has 0 aliphatic heterocycles. The second kappa shape index (κ2) is 10.6. The molecule has 0 fully saturated rings. The van der Waals surface area contributed by atoms with E-state index in [1.54, 1.807) is 10.7 Å². The molecule has 0 radical (unpaired) electrons. The molecular formula is C29H24N8O. The number of amides is 2. The van der Waals surface area contributed by atoms with Crippen LogP contribution in [0, 0.1) is 18.3 Å². The first-order valence-electron chi connectivity index (χ1n) is 11.9. The van der Waals surface area contributed by atoms with E-state index in [1.807, 2.05) is 85.8 Å². The van der Waals surface area contributed by atoms with Crippen LogP contribution in [0.3, 0.4) is 0 Å². The lowest BCUT2D eigenvalue weighted by Crippen LogP contribution is -2.21. The number of anilines is 3. The van der Waals surface area contributed by atoms with Crippen molar-refractivity contribution in [1.82, 2.24) is 20.0 Å². The Morgan fingerprint density at radius 1 is 0.947 bits per heavy atom. The minimum absolute atomic E-state index is 0.282. The lowest BCUT2D eigenvalue weighted by Gasteiger charge is -2.16. The van der Waals surface area contributed by atoms with E-state index in [9.17, 15) is 10.1 Å². The zero-order valence-electron chi connectivity index (χ0n) is 20.6. The van der Waals surface area contributed by atoms with E-state index < -0.39 is 6.03 Å². The Kier molecular flexibility index (Phi) is 6.78. The molecule has 2 heterocycles. The van der Waals surface area contributed by atoms with Crippen LogP contribution in [0.4, 0.5) is 22.1 Å². The highest BCUT2D eigenvalue weighted by Gasteiger charge is 2.16. The lowest BCUT2D eigenvalue weighted by molar-refractivity contribution is 0.262. The van der Waals surface area contributed by atoms with Crippen LogP contribution in [-0.4, -0.2) is 26.0 Å². The van der Waals surface area contributed by atoms with Crippen molar-refractivity contribution in [3.8, 4) is 23.0 Å². The molecule has 186 valence electrons. The Bertz CT molecular complexity index is 1640. The van der Waals surface area contributed by atoms with Crippen molar-refractivity contribution in [2.75, 3.05) is 16.4 Å². The van der Waals surface area contributed by atoms with Gasteiger partial charge in [0.05, 0.1) is 17.6 Å². The normalized spacial score (nSPS) is 10.5. The van der Waals surface area contributed by atoms with Crippen molar-refractivity contribution >= 4 is 23.4 Å². The number of hydrogen-bond acceptors (Lipinski definition) is 6. The maximum Gasteiger partial charge on any atom is 0.324 e. The van der Waals surface area contributed by atoms with Gasteiger partial charge in [-0.2, -0.15) is 10.4 Å². The fourth-order valence-corrected chi connectivity index (χ4v) is 4.17. The molecule has 0 saturated carbocycles. The van der Waals surface area contributed by atoms with Crippen molar-refractivity contribution in [3.05, 3.63) is 113 Å². The fourth-order valence-electron chi connectivity index (χ4n) is 4.17. The third-order valence-corrected chi connectivity index (χ3v) is 6.15. The molecular weight excluding hydrogens is 476 g/mol. The zero-order valence-corrected chi connectivity index (χ0v) is 20.6. The molecule has 0 aliphatic carbocycles. The Morgan fingerprint density at radius 3 is 2.47 bits per heavy atom. The molecule has 0 bridgehead atoms. The number of nitriles is 1. The third-order valence-electron chi connectivity index (χ3n) is 6.15. The largest absolute Gasteiger partial charge is 0.382 e. The van der Waals surface area contributed by atoms with Crippen molar-refractivity contribution in [2.45, 2.75) is 13.3 Å². The smallest absolute Gasteiger partial charge is 0.324 e. The first kappa shape index (κ1) is 24.2. The number of urea groups is 1. The van der Waals surface area contributed by atoms with Gasteiger partial charge in [0, 0.05) is 17.7 Å². The van der Waals surface area contributed by atoms with Gasteiger partial charge < -0.3 is 11.1 Å². The van der Waals surface area contributed by atoms with Gasteiger partial charge in [0.15, 0.2) is 5.82 Å². The van der Waals surface area contributed by atoms with Gasteiger partial charge in [-0.3, -0.25) is 5.32 Å². The SMILES string of the molecule is Cc1cccc(-n2ncc(C#N)c2N)c1Cc1ccccc1NC(=O)Nc1ccc(-c2ccccc2)nn1. The number of hydrogen-bond donors (Lipinski definition) is 3. The Balaban J connectivity index is 1.35. The standard InChI is InChI=1S/C29H24N8O/c1-19-8-7-13-26(37-28(31)22(17-30)18-32-37)23(19)16-21-11-5-6-12-24(21)33-29(38)34-27-15-14-25(35-36-27)20-9-3-2-4-10-20/h2-15,18H,16,31H2,1H3,(H2,33,34,36,38). The summed E-state index contributed by atoms with van der Waals surface area (Å²) in [6.07, 6.45) is 1.96. The number of carbonyl (C=O) groups is 1. The second-order valence-corrected chi connectivity index (χ2v) is 8.62. The summed E-state index contributed by atoms with van der Waals surface area (Å²) < 4.78 is 1.57. The van der Waals surface area contributed by atoms with Crippen molar-refractivity contribution < 1.29 is 4.79 Å². The Labute approximate surface area is 219 Å². The van der Waals surface area contributed by atoms with E-state index in [0.717, 1.165) is 33.6 Å². The predicted octanol–water partition coefficient (Wildman–Crippen LogP) is 5.33. The molecule has 0 unspecified atom stereocenters. The van der Waals surface area contributed by atoms with Crippen LogP contribution in [0.2, 0.25) is 0 Å². The monoisotopic (exact) mass is 500 g/mol. The van der Waals surface area contributed by atoms with Crippen molar-refractivity contribution in [1.29, 1.82) is 5.26 Å². The maximum atomic E-state index is 12.8. The topological polar surface area (TPSA) is 135 Å². The van der Waals surface area contributed by atoms with Crippen LogP contribution in [0.1, 0.15) is 22.3 Å². The Morgan fingerprint density at radius 2 is 1.74 bits per heavy atom. The van der Waals surface area contributed by atoms with Gasteiger partial charge in [-0.1, -0.05) is 60.7 Å². The second-order valence-electron chi connectivity index (χ2n) is 8.62. The predicted molar refractivity (Wildman–Crippen MR) is 147 cm³/mol. The van der Waals surface area contributed by atoms with Gasteiger partial charge >= 0.3 is 6.03 Å². The van der Waals surface area contributed by atoms with Crippen LogP contribution < -0.4 is 16.4 Å². The average molecular weight is 501 g/mol. The molecule has 5 aromatic rings. The number of nitrogen functional groups attached to an aromatic ring is 1. The molecule has 5 rings (SSSR count). The number of carbonyl (C=O) groups excluding carboxylic acids is 1. The van der Waals surface area contributed by atoms with Gasteiger partial charge in [-0.15, -0.1) is 10.2 Å². The number of benzene rings is 3. The highest BCUT2D eigenvalue weighted by atomic mass is 16.2. The molecule has 0 spiro atoms. The summed E-state index contributed by atoms with van der Waals surface area (Å²) >= 11 is 0. The van der Waals surface area contributed by atoms with Gasteiger partial charge in [-0.25, -0.2) is 9.48 Å². The van der Waals surface area contributed by atoms with Gasteiger partial charge in [0.25, 0.3) is 0 Å². The molecule has 9 nitrogen and oxygen atoms in total. The van der Waals surface area contributed by atoms with Crippen LogP contribution in [0.5, 0.6) is 0 Å². The number of nitrogens with two attached hydrogens (primary N) is 1. The summed E-state index contributed by atoms with van der Waals surface area (Å²) in [6.45, 7) is 2.00. The minimum atomic E-state index is -0.431. The Hall–Kier alpha value is -5.49. The number of nitrogens with zero attached hydrogens (tertiary/aromatic N) is 5. The summed E-state index contributed by atoms with van der Waals surface area (Å²) in [5.41, 5.74) is 12.5. The van der Waals surface area contributed by atoms with Crippen molar-refractivity contribution in [3.63, 3.8) is 0 Å². The molecule has 4 N–H and O–H groups in total. The minimum Gasteiger partial charge on any atom is -0.382 e. The summed E-state index contributed by atoms with van der Waals surface area (Å²) in [5.74, 6) is 0.618. The first-order chi connectivity index (χ1) is 18.5. The summed E-state index contributed by atoms with van der Waals surface area (Å²) in [5, 5.41) is 27.6. The molecule has 9 heteroatoms.